The Morgan fingerprint density at radius 3 is 2.43 bits per heavy atom. The number of carbonyl (C=O) groups is 3. The average Bonchev–Trinajstić information content (AvgIpc) is 3.30. The van der Waals surface area contributed by atoms with E-state index in [1.54, 1.807) is 35.6 Å². The maximum atomic E-state index is 13.1. The zero-order valence-electron chi connectivity index (χ0n) is 16.7. The van der Waals surface area contributed by atoms with Crippen LogP contribution in [-0.2, 0) is 28.9 Å². The molecule has 158 valence electrons. The Bertz CT molecular complexity index is 983. The maximum Gasteiger partial charge on any atom is 0.257 e. The lowest BCUT2D eigenvalue weighted by atomic mass is 9.75. The van der Waals surface area contributed by atoms with E-state index in [4.69, 9.17) is 17.3 Å². The fourth-order valence-corrected chi connectivity index (χ4v) is 6.25. The van der Waals surface area contributed by atoms with Crippen molar-refractivity contribution >= 4 is 46.2 Å². The minimum atomic E-state index is -0.387. The van der Waals surface area contributed by atoms with Gasteiger partial charge in [-0.05, 0) is 61.9 Å². The van der Waals surface area contributed by atoms with Gasteiger partial charge in [0.2, 0.25) is 5.91 Å². The molecule has 4 rings (SSSR count). The van der Waals surface area contributed by atoms with Crippen molar-refractivity contribution in [3.63, 3.8) is 0 Å². The molecule has 0 saturated heterocycles. The number of amides is 2. The van der Waals surface area contributed by atoms with E-state index in [0.717, 1.165) is 42.5 Å². The summed E-state index contributed by atoms with van der Waals surface area (Å²) in [5.41, 5.74) is 7.94. The monoisotopic (exact) mass is 444 g/mol. The highest BCUT2D eigenvalue weighted by atomic mass is 35.5. The highest BCUT2D eigenvalue weighted by Gasteiger charge is 2.36. The third-order valence-corrected chi connectivity index (χ3v) is 7.75. The number of benzene rings is 1. The van der Waals surface area contributed by atoms with Crippen LogP contribution >= 0.6 is 22.9 Å². The first-order chi connectivity index (χ1) is 14.4. The van der Waals surface area contributed by atoms with Crippen LogP contribution in [0.15, 0.2) is 24.3 Å². The Balaban J connectivity index is 1.58. The molecule has 0 bridgehead atoms. The molecule has 5 nitrogen and oxygen atoms in total. The number of ketones is 1. The Kier molecular flexibility index (Phi) is 6.25. The number of carbonyl (C=O) groups excluding carboxylic acids is 3. The molecule has 0 spiro atoms. The van der Waals surface area contributed by atoms with Crippen LogP contribution in [0.25, 0.3) is 0 Å². The van der Waals surface area contributed by atoms with Crippen molar-refractivity contribution < 1.29 is 14.4 Å². The number of nitrogens with two attached hydrogens (primary N) is 1. The molecule has 2 atom stereocenters. The number of aryl methyl sites for hydroxylation is 1. The lowest BCUT2D eigenvalue weighted by Crippen LogP contribution is -2.37. The number of hydrogen-bond donors (Lipinski definition) is 2. The quantitative estimate of drug-likeness (QED) is 0.685. The first-order valence-corrected chi connectivity index (χ1v) is 11.7. The molecule has 2 aliphatic rings. The van der Waals surface area contributed by atoms with Crippen LogP contribution in [-0.4, -0.2) is 17.6 Å². The van der Waals surface area contributed by atoms with Gasteiger partial charge in [0.15, 0.2) is 0 Å². The molecule has 3 N–H and O–H groups in total. The predicted octanol–water partition coefficient (Wildman–Crippen LogP) is 4.55. The molecular weight excluding hydrogens is 420 g/mol. The van der Waals surface area contributed by atoms with E-state index in [0.29, 0.717) is 29.1 Å². The number of fused-ring (bicyclic) bond motifs is 1. The summed E-state index contributed by atoms with van der Waals surface area (Å²) in [5.74, 6) is -1.26. The van der Waals surface area contributed by atoms with Gasteiger partial charge in [-0.1, -0.05) is 24.4 Å². The van der Waals surface area contributed by atoms with Gasteiger partial charge in [0.05, 0.1) is 5.56 Å². The van der Waals surface area contributed by atoms with Gasteiger partial charge in [-0.2, -0.15) is 0 Å². The number of halogens is 1. The van der Waals surface area contributed by atoms with Crippen LogP contribution in [0.2, 0.25) is 5.02 Å². The number of primary amides is 1. The summed E-state index contributed by atoms with van der Waals surface area (Å²) < 4.78 is 0. The van der Waals surface area contributed by atoms with Crippen molar-refractivity contribution in [1.29, 1.82) is 0 Å². The Morgan fingerprint density at radius 2 is 1.73 bits per heavy atom. The second kappa shape index (κ2) is 8.90. The minimum absolute atomic E-state index is 0.0268. The number of nitrogens with one attached hydrogen (secondary N) is 1. The van der Waals surface area contributed by atoms with Crippen LogP contribution in [0.1, 0.15) is 57.8 Å². The zero-order chi connectivity index (χ0) is 21.3. The molecular formula is C23H25ClN2O3S. The van der Waals surface area contributed by atoms with E-state index in [9.17, 15) is 14.4 Å². The number of thiophene rings is 1. The standard InChI is InChI=1S/C23H25ClN2O3S/c24-13-8-10-14(11-9-13)26-23(29)21-17-6-3-7-19(17)30-20(21)12-18(27)15-4-1-2-5-16(15)22(25)28/h8-11,15-16H,1-7,12H2,(H2,25,28)(H,26,29). The van der Waals surface area contributed by atoms with Crippen LogP contribution in [0, 0.1) is 11.8 Å². The van der Waals surface area contributed by atoms with Crippen LogP contribution in [0.3, 0.4) is 0 Å². The highest BCUT2D eigenvalue weighted by molar-refractivity contribution is 7.12. The smallest absolute Gasteiger partial charge is 0.257 e. The molecule has 0 aliphatic heterocycles. The molecule has 7 heteroatoms. The molecule has 2 amide bonds. The number of anilines is 1. The lowest BCUT2D eigenvalue weighted by molar-refractivity contribution is -0.133. The van der Waals surface area contributed by atoms with E-state index < -0.39 is 0 Å². The van der Waals surface area contributed by atoms with Gasteiger partial charge in [-0.25, -0.2) is 0 Å². The number of hydrogen-bond acceptors (Lipinski definition) is 4. The summed E-state index contributed by atoms with van der Waals surface area (Å²) >= 11 is 7.51. The normalized spacial score (nSPS) is 20.6. The van der Waals surface area contributed by atoms with Crippen molar-refractivity contribution in [1.82, 2.24) is 0 Å². The number of Topliss-reactive ketones (excluding diaryl/α,β-unsaturated/α-hetero) is 1. The summed E-state index contributed by atoms with van der Waals surface area (Å²) in [7, 11) is 0. The summed E-state index contributed by atoms with van der Waals surface area (Å²) in [4.78, 5) is 40.1. The van der Waals surface area contributed by atoms with Crippen LogP contribution in [0.5, 0.6) is 0 Å². The summed E-state index contributed by atoms with van der Waals surface area (Å²) in [6.07, 6.45) is 6.27. The molecule has 2 aromatic rings. The van der Waals surface area contributed by atoms with Crippen LogP contribution < -0.4 is 11.1 Å². The van der Waals surface area contributed by atoms with E-state index in [-0.39, 0.29) is 35.9 Å². The van der Waals surface area contributed by atoms with E-state index >= 15 is 0 Å². The van der Waals surface area contributed by atoms with E-state index in [1.807, 2.05) is 0 Å². The second-order valence-corrected chi connectivity index (χ2v) is 9.79. The highest BCUT2D eigenvalue weighted by Crippen LogP contribution is 2.38. The maximum absolute atomic E-state index is 13.1. The second-order valence-electron chi connectivity index (χ2n) is 8.16. The minimum Gasteiger partial charge on any atom is -0.369 e. The third kappa shape index (κ3) is 4.30. The van der Waals surface area contributed by atoms with Crippen molar-refractivity contribution in [2.75, 3.05) is 5.32 Å². The third-order valence-electron chi connectivity index (χ3n) is 6.20. The molecule has 1 aromatic heterocycles. The van der Waals surface area contributed by atoms with Gasteiger partial charge < -0.3 is 11.1 Å². The molecule has 1 saturated carbocycles. The van der Waals surface area contributed by atoms with E-state index in [1.165, 1.54) is 4.88 Å². The Labute approximate surface area is 185 Å². The largest absolute Gasteiger partial charge is 0.369 e. The molecule has 1 fully saturated rings. The molecule has 2 unspecified atom stereocenters. The van der Waals surface area contributed by atoms with Gasteiger partial charge in [0.25, 0.3) is 5.91 Å². The molecule has 1 heterocycles. The molecule has 0 radical (unpaired) electrons. The van der Waals surface area contributed by atoms with E-state index in [2.05, 4.69) is 5.32 Å². The van der Waals surface area contributed by atoms with Crippen molar-refractivity contribution in [2.24, 2.45) is 17.6 Å². The number of rotatable bonds is 6. The summed E-state index contributed by atoms with van der Waals surface area (Å²) in [6.45, 7) is 0. The predicted molar refractivity (Wildman–Crippen MR) is 119 cm³/mol. The molecule has 2 aliphatic carbocycles. The summed E-state index contributed by atoms with van der Waals surface area (Å²) in [6, 6.07) is 6.98. The molecule has 1 aromatic carbocycles. The Hall–Kier alpha value is -2.18. The average molecular weight is 445 g/mol. The molecule has 30 heavy (non-hydrogen) atoms. The van der Waals surface area contributed by atoms with Gasteiger partial charge in [0, 0.05) is 38.7 Å². The van der Waals surface area contributed by atoms with Gasteiger partial charge in [0.1, 0.15) is 5.78 Å². The van der Waals surface area contributed by atoms with Gasteiger partial charge in [-0.15, -0.1) is 11.3 Å². The fraction of sp³-hybridized carbons (Fsp3) is 0.435. The van der Waals surface area contributed by atoms with Crippen molar-refractivity contribution in [2.45, 2.75) is 51.4 Å². The van der Waals surface area contributed by atoms with Gasteiger partial charge in [-0.3, -0.25) is 14.4 Å². The first kappa shape index (κ1) is 21.1. The SMILES string of the molecule is NC(=O)C1CCCCC1C(=O)Cc1sc2c(c1C(=O)Nc1ccc(Cl)cc1)CCC2. The van der Waals surface area contributed by atoms with Crippen molar-refractivity contribution in [3.8, 4) is 0 Å². The first-order valence-electron chi connectivity index (χ1n) is 10.5. The summed E-state index contributed by atoms with van der Waals surface area (Å²) in [5, 5.41) is 3.55. The topological polar surface area (TPSA) is 89.3 Å². The van der Waals surface area contributed by atoms with Crippen molar-refractivity contribution in [3.05, 3.63) is 50.2 Å². The lowest BCUT2D eigenvalue weighted by Gasteiger charge is -2.28. The fourth-order valence-electron chi connectivity index (χ4n) is 4.72. The van der Waals surface area contributed by atoms with Crippen LogP contribution in [0.4, 0.5) is 5.69 Å². The zero-order valence-corrected chi connectivity index (χ0v) is 18.3. The van der Waals surface area contributed by atoms with Gasteiger partial charge >= 0.3 is 0 Å². The Morgan fingerprint density at radius 1 is 1.03 bits per heavy atom.